The van der Waals surface area contributed by atoms with Crippen LogP contribution in [0.2, 0.25) is 0 Å². The van der Waals surface area contributed by atoms with Crippen molar-refractivity contribution in [1.82, 2.24) is 55.6 Å². The number of nitrogens with zero attached hydrogens (tertiary/aromatic N) is 9. The highest BCUT2D eigenvalue weighted by Gasteiger charge is 2.68. The summed E-state index contributed by atoms with van der Waals surface area (Å²) in [5.41, 5.74) is 7.99. The maximum atomic E-state index is 13.7. The van der Waals surface area contributed by atoms with Gasteiger partial charge in [-0.1, -0.05) is 48.1 Å². The zero-order chi connectivity index (χ0) is 68.0. The Labute approximate surface area is 541 Å². The number of phenolic OH excluding ortho intramolecular Hbond substituents is 2. The summed E-state index contributed by atoms with van der Waals surface area (Å²) in [5.74, 6) is -12.4. The number of likely N-dealkylation sites (N-methyl/N-ethyl adjacent to an activating group) is 2. The maximum Gasteiger partial charge on any atom is 0.352 e. The van der Waals surface area contributed by atoms with Crippen LogP contribution in [0.3, 0.4) is 0 Å². The summed E-state index contributed by atoms with van der Waals surface area (Å²) < 4.78 is 32.3. The van der Waals surface area contributed by atoms with Gasteiger partial charge in [0.05, 0.1) is 28.5 Å². The number of piperazine rings is 1. The number of aliphatic hydroxyl groups is 4. The molecule has 3 aliphatic heterocycles. The molecule has 3 aliphatic carbocycles. The Kier molecular flexibility index (Phi) is 20.3. The van der Waals surface area contributed by atoms with Crippen molar-refractivity contribution in [2.45, 2.75) is 71.9 Å². The third-order valence-electron chi connectivity index (χ3n) is 16.2. The normalized spacial score (nSPS) is 23.4. The molecule has 1 saturated carbocycles. The van der Waals surface area contributed by atoms with Gasteiger partial charge < -0.3 is 72.7 Å². The highest BCUT2D eigenvalue weighted by molar-refractivity contribution is 8.01. The summed E-state index contributed by atoms with van der Waals surface area (Å²) in [6.45, 7) is 5.39. The number of anilines is 2. The number of thioether (sulfide) groups is 2. The number of fused-ring (bicyclic) bond motifs is 4. The summed E-state index contributed by atoms with van der Waals surface area (Å²) in [6, 6.07) is 12.3. The zero-order valence-corrected chi connectivity index (χ0v) is 53.0. The number of ketones is 2. The first kappa shape index (κ1) is 70.0. The summed E-state index contributed by atoms with van der Waals surface area (Å²) in [7, 11) is 0.918. The molecular formula is C57H64N14O20S3. The van der Waals surface area contributed by atoms with Crippen LogP contribution in [-0.4, -0.2) is 222 Å². The number of carboxylic acid groups (broad SMARTS) is 1. The summed E-state index contributed by atoms with van der Waals surface area (Å²) in [6.07, 6.45) is -1.59. The number of nitrogens with two attached hydrogens (primary N) is 2. The van der Waals surface area contributed by atoms with Crippen LogP contribution in [-0.2, 0) is 55.4 Å². The molecule has 94 heavy (non-hydrogen) atoms. The van der Waals surface area contributed by atoms with E-state index in [1.807, 2.05) is 0 Å². The fourth-order valence-electron chi connectivity index (χ4n) is 11.7. The van der Waals surface area contributed by atoms with E-state index in [0.717, 1.165) is 4.90 Å². The molecule has 2 saturated heterocycles. The minimum atomic E-state index is -3.64. The van der Waals surface area contributed by atoms with Crippen LogP contribution in [0, 0.1) is 18.8 Å². The molecule has 16 N–H and O–H groups in total. The lowest BCUT2D eigenvalue weighted by Crippen LogP contribution is -2.71. The predicted octanol–water partition coefficient (Wildman–Crippen LogP) is -1.07. The van der Waals surface area contributed by atoms with Gasteiger partial charge in [-0.25, -0.2) is 22.7 Å². The van der Waals surface area contributed by atoms with E-state index in [2.05, 4.69) is 36.0 Å². The number of benzene rings is 3. The number of aromatic nitrogens is 5. The van der Waals surface area contributed by atoms with Crippen LogP contribution in [0.25, 0.3) is 5.76 Å². The van der Waals surface area contributed by atoms with Crippen LogP contribution >= 0.6 is 23.5 Å². The van der Waals surface area contributed by atoms with Gasteiger partial charge >= 0.3 is 23.8 Å². The van der Waals surface area contributed by atoms with Crippen LogP contribution in [0.1, 0.15) is 48.3 Å². The Bertz CT molecular complexity index is 4120. The third kappa shape index (κ3) is 12.8. The minimum Gasteiger partial charge on any atom is -0.508 e. The van der Waals surface area contributed by atoms with Crippen molar-refractivity contribution in [2.75, 3.05) is 55.7 Å². The van der Waals surface area contributed by atoms with Crippen LogP contribution in [0.5, 0.6) is 11.5 Å². The summed E-state index contributed by atoms with van der Waals surface area (Å²) >= 11 is 2.49. The number of tetrazole rings is 1. The average molecular weight is 1360 g/mol. The second-order valence-corrected chi connectivity index (χ2v) is 25.9. The second kappa shape index (κ2) is 27.3. The van der Waals surface area contributed by atoms with E-state index in [1.54, 1.807) is 40.0 Å². The predicted molar refractivity (Wildman–Crippen MR) is 329 cm³/mol. The van der Waals surface area contributed by atoms with Gasteiger partial charge in [-0.15, -0.1) is 16.9 Å². The van der Waals surface area contributed by atoms with Gasteiger partial charge in [0.1, 0.15) is 57.5 Å². The number of nitrogen functional groups attached to an aromatic ring is 1. The number of β-lactam (4-membered cyclic amide) rings is 1. The molecule has 3 aromatic carbocycles. The largest absolute Gasteiger partial charge is 0.508 e. The molecule has 5 heterocycles. The number of aromatic hydroxyl groups is 2. The Morgan fingerprint density at radius 3 is 2.22 bits per heavy atom. The number of sulfonamides is 1. The van der Waals surface area contributed by atoms with Crippen LogP contribution < -0.4 is 26.8 Å². The van der Waals surface area contributed by atoms with Crippen LogP contribution in [0.15, 0.2) is 116 Å². The Morgan fingerprint density at radius 1 is 0.968 bits per heavy atom. The highest BCUT2D eigenvalue weighted by atomic mass is 32.2. The average Bonchev–Trinajstić information content (AvgIpc) is 0.820. The first-order valence-corrected chi connectivity index (χ1v) is 31.6. The van der Waals surface area contributed by atoms with Crippen molar-refractivity contribution >= 4 is 104 Å². The van der Waals surface area contributed by atoms with Gasteiger partial charge in [0.25, 0.3) is 21.8 Å². The van der Waals surface area contributed by atoms with E-state index < -0.39 is 139 Å². The zero-order valence-electron chi connectivity index (χ0n) is 50.5. The molecule has 500 valence electrons. The number of primary amides is 1. The molecule has 37 heteroatoms. The lowest BCUT2D eigenvalue weighted by atomic mass is 9.54. The summed E-state index contributed by atoms with van der Waals surface area (Å²) in [5, 5.41) is 94.1. The number of hydrogen-bond acceptors (Lipinski definition) is 26. The van der Waals surface area contributed by atoms with E-state index in [9.17, 15) is 87.3 Å². The topological polar surface area (TPSA) is 532 Å². The van der Waals surface area contributed by atoms with Gasteiger partial charge in [-0.3, -0.25) is 53.0 Å². The Hall–Kier alpha value is -9.92. The van der Waals surface area contributed by atoms with Crippen LogP contribution in [0.4, 0.5) is 16.3 Å². The van der Waals surface area contributed by atoms with Gasteiger partial charge in [-0.05, 0) is 103 Å². The molecule has 3 fully saturated rings. The number of Topliss-reactive ketones (excluding diaryl/α,β-unsaturated/α-hetero) is 2. The van der Waals surface area contributed by atoms with Gasteiger partial charge in [-0.2, -0.15) is 0 Å². The van der Waals surface area contributed by atoms with Crippen molar-refractivity contribution in [3.63, 3.8) is 0 Å². The number of aliphatic carboxylic acids is 1. The number of carbonyl (C=O) groups is 9. The molecule has 11 rings (SSSR count). The Morgan fingerprint density at radius 2 is 1.64 bits per heavy atom. The number of carbonyl (C=O) groups excluding carboxylic acids is 8. The lowest BCUT2D eigenvalue weighted by molar-refractivity contribution is -0.169. The first-order chi connectivity index (χ1) is 43.8. The smallest absolute Gasteiger partial charge is 0.352 e. The molecule has 34 nitrogen and oxygen atoms in total. The van der Waals surface area contributed by atoms with Crippen molar-refractivity contribution in [2.24, 2.45) is 24.6 Å². The number of aliphatic hydroxyl groups excluding tert-OH is 3. The molecular weight excluding hydrogens is 1300 g/mol. The Balaban J connectivity index is 0.000000197. The van der Waals surface area contributed by atoms with E-state index in [0.29, 0.717) is 39.2 Å². The van der Waals surface area contributed by atoms with Crippen molar-refractivity contribution in [3.8, 4) is 11.5 Å². The molecule has 0 spiro atoms. The monoisotopic (exact) mass is 1360 g/mol. The SMILES string of the molecule is CCN1CCN(C(=O)N[C@@H](C(=O)N[C@@H]2C(=O)N3C(C(=O)O)=C(CSc4nnnn4C)CS[C@H]23)c2ccc(O)cc2)C(=O)C1=O.C[C@H]1c2cccc(O)c2C(O)=C2C(=O)[C@]3(O)C(O)=C(C(N)=O)C(=O)[C@@H](N(C)C)[C@@H]3[C@@H](O)[C@@H]21.Cc1cc(NS(=O)(=O)c2ccc(N)cc2)no1.O. The molecule has 7 amide bonds. The highest BCUT2D eigenvalue weighted by Crippen LogP contribution is 2.56. The number of phenols is 2. The number of urea groups is 1. The molecule has 0 bridgehead atoms. The second-order valence-electron chi connectivity index (χ2n) is 22.1. The van der Waals surface area contributed by atoms with Gasteiger partial charge in [0.2, 0.25) is 16.8 Å². The number of carboxylic acids is 1. The first-order valence-electron chi connectivity index (χ1n) is 28.1. The lowest BCUT2D eigenvalue weighted by Gasteiger charge is -2.53. The standard InChI is InChI=1S/C25H27N9O8S2.C22H24N2O8.C10H11N3O3S.H2O/c1-3-32-8-9-33(21(39)20(32)38)24(42)27-15(12-4-6-14(35)7-5-12)18(36)26-16-19(37)34-17(23(40)41)13(10-43-22(16)34)11-44-25-28-29-30-31(25)2;1-7-8-5-4-6-9(25)11(8)16(26)12-10(7)17(27)14-15(24(2)3)18(28)13(21(23)31)20(30)22(14,32)19(12)29;1-7-6-10(12-16-7)13-17(14,15)9-4-2-8(11)3-5-9;/h4-7,15-16,22,35H,3,8-11H2,1-2H3,(H,26,36)(H,27,42)(H,40,41);4-7,10,14-15,17,25-27,30,32H,1-3H3,(H2,23,31);2-6H,11H2,1H3,(H,12,13);1H2/t15-,16-,22-;7-,10+,14+,15-,17-,22-;;/m10../s1. The van der Waals surface area contributed by atoms with Crippen molar-refractivity contribution in [1.29, 1.82) is 0 Å². The third-order valence-corrected chi connectivity index (χ3v) is 20.1. The molecule has 0 radical (unpaired) electrons. The fourth-order valence-corrected chi connectivity index (χ4v) is 15.0. The number of imide groups is 1. The van der Waals surface area contributed by atoms with E-state index in [-0.39, 0.29) is 69.1 Å². The van der Waals surface area contributed by atoms with E-state index >= 15 is 0 Å². The molecule has 2 aromatic heterocycles. The van der Waals surface area contributed by atoms with E-state index in [1.165, 1.54) is 113 Å². The number of nitrogens with one attached hydrogen (secondary N) is 3. The number of rotatable bonds is 14. The number of aryl methyl sites for hydroxylation is 2. The van der Waals surface area contributed by atoms with Gasteiger partial charge in [0, 0.05) is 61.4 Å². The van der Waals surface area contributed by atoms with Crippen molar-refractivity contribution in [3.05, 3.63) is 123 Å². The quantitative estimate of drug-likeness (QED) is 0.0207. The molecule has 5 aromatic rings. The molecule has 6 aliphatic rings. The molecule has 0 unspecified atom stereocenters. The number of amides is 7. The summed E-state index contributed by atoms with van der Waals surface area (Å²) in [4.78, 5) is 120. The van der Waals surface area contributed by atoms with Crippen molar-refractivity contribution < 1.29 is 97.3 Å². The number of hydrogen-bond donors (Lipinski definition) is 12. The van der Waals surface area contributed by atoms with Gasteiger partial charge in [0.15, 0.2) is 17.2 Å². The fraction of sp³-hybridized carbons (Fsp3) is 0.351. The van der Waals surface area contributed by atoms with E-state index in [4.69, 9.17) is 16.0 Å². The molecule has 9 atom stereocenters. The maximum absolute atomic E-state index is 13.7. The minimum absolute atomic E-state index is 0.